The second-order valence-electron chi connectivity index (χ2n) is 28.3. The van der Waals surface area contributed by atoms with E-state index in [1.54, 1.807) is 0 Å². The van der Waals surface area contributed by atoms with Crippen LogP contribution in [0.4, 0.5) is 0 Å². The number of benzene rings is 18. The molecule has 0 fully saturated rings. The molecule has 0 aliphatic heterocycles. The zero-order chi connectivity index (χ0) is 71.2. The summed E-state index contributed by atoms with van der Waals surface area (Å²) in [6, 6.07) is 150. The average Bonchev–Trinajstić information content (AvgIpc) is 1.55. The van der Waals surface area contributed by atoms with E-state index in [1.807, 2.05) is 0 Å². The molecule has 0 saturated carbocycles. The smallest absolute Gasteiger partial charge is 0.0641 e. The summed E-state index contributed by atoms with van der Waals surface area (Å²) in [6.45, 7) is 0. The van der Waals surface area contributed by atoms with Crippen molar-refractivity contribution in [1.29, 1.82) is 0 Å². The first-order valence-electron chi connectivity index (χ1n) is 37.2. The maximum Gasteiger partial charge on any atom is 0.0641 e. The summed E-state index contributed by atoms with van der Waals surface area (Å²) in [5, 5.41) is 15.0. The van der Waals surface area contributed by atoms with Crippen molar-refractivity contribution in [3.8, 4) is 89.5 Å². The van der Waals surface area contributed by atoms with Gasteiger partial charge in [-0.25, -0.2) is 0 Å². The number of hydrogen-bond donors (Lipinski definition) is 0. The molecule has 22 aromatic rings. The maximum atomic E-state index is 2.51. The van der Waals surface area contributed by atoms with Crippen LogP contribution >= 0.6 is 0 Å². The van der Waals surface area contributed by atoms with Gasteiger partial charge in [-0.1, -0.05) is 309 Å². The van der Waals surface area contributed by atoms with Crippen molar-refractivity contribution in [3.05, 3.63) is 413 Å². The highest BCUT2D eigenvalue weighted by molar-refractivity contribution is 6.28. The second-order valence-corrected chi connectivity index (χ2v) is 28.3. The topological polar surface area (TPSA) is 19.7 Å². The summed E-state index contributed by atoms with van der Waals surface area (Å²) in [4.78, 5) is 0. The summed E-state index contributed by atoms with van der Waals surface area (Å²) >= 11 is 0. The van der Waals surface area contributed by atoms with Gasteiger partial charge in [-0.05, 0) is 191 Å². The molecule has 0 atom stereocenters. The minimum absolute atomic E-state index is 1.13. The Kier molecular flexibility index (Phi) is 14.9. The molecule has 0 aliphatic carbocycles. The number of para-hydroxylation sites is 4. The van der Waals surface area contributed by atoms with Crippen LogP contribution in [0.15, 0.2) is 413 Å². The predicted octanol–water partition coefficient (Wildman–Crippen LogP) is 28.1. The van der Waals surface area contributed by atoms with Crippen LogP contribution in [0.3, 0.4) is 0 Å². The number of nitrogens with zero attached hydrogens (tertiary/aromatic N) is 4. The van der Waals surface area contributed by atoms with Gasteiger partial charge in [0.2, 0.25) is 0 Å². The van der Waals surface area contributed by atoms with Gasteiger partial charge in [0.15, 0.2) is 0 Å². The van der Waals surface area contributed by atoms with E-state index in [9.17, 15) is 0 Å². The lowest BCUT2D eigenvalue weighted by Crippen LogP contribution is -1.97. The Balaban J connectivity index is 0.000000141. The van der Waals surface area contributed by atoms with Gasteiger partial charge in [-0.2, -0.15) is 0 Å². The van der Waals surface area contributed by atoms with E-state index in [0.29, 0.717) is 0 Å². The molecule has 0 N–H and O–H groups in total. The normalized spacial score (nSPS) is 11.7. The third kappa shape index (κ3) is 10.4. The first-order chi connectivity index (χ1) is 53.6. The minimum Gasteiger partial charge on any atom is -0.309 e. The van der Waals surface area contributed by atoms with Crippen molar-refractivity contribution in [2.75, 3.05) is 0 Å². The molecule has 4 heteroatoms. The van der Waals surface area contributed by atoms with Crippen LogP contribution in [-0.4, -0.2) is 18.3 Å². The van der Waals surface area contributed by atoms with Gasteiger partial charge in [0.05, 0.1) is 44.1 Å². The van der Waals surface area contributed by atoms with Crippen molar-refractivity contribution < 1.29 is 0 Å². The Morgan fingerprint density at radius 3 is 0.787 bits per heavy atom. The Bertz CT molecular complexity index is 7170. The summed E-state index contributed by atoms with van der Waals surface area (Å²) < 4.78 is 9.88. The van der Waals surface area contributed by atoms with Crippen LogP contribution < -0.4 is 0 Å². The Morgan fingerprint density at radius 2 is 0.417 bits per heavy atom. The summed E-state index contributed by atoms with van der Waals surface area (Å²) in [5.74, 6) is 0. The third-order valence-corrected chi connectivity index (χ3v) is 22.2. The molecule has 0 spiro atoms. The lowest BCUT2D eigenvalue weighted by atomic mass is 9.93. The molecule has 0 amide bonds. The minimum atomic E-state index is 1.13. The van der Waals surface area contributed by atoms with Crippen molar-refractivity contribution in [2.24, 2.45) is 0 Å². The van der Waals surface area contributed by atoms with E-state index < -0.39 is 0 Å². The molecule has 0 aliphatic rings. The van der Waals surface area contributed by atoms with Gasteiger partial charge in [0.25, 0.3) is 0 Å². The van der Waals surface area contributed by atoms with Gasteiger partial charge in [-0.15, -0.1) is 0 Å². The standard InChI is InChI=1S/C58H38N2.C46H30N2/c1-4-16-39(17-5-1)44-34-45(40-18-6-2-7-19-40)36-46(35-44)41-28-30-47(31-29-41)59-55-27-15-13-25-52(55)57-56(59)33-32-51-50-24-12-14-26-54(50)60(58(51)57)48-37-43-22-10-11-23-49(43)53(38-48)42-20-8-3-9-21-42;1-3-13-31(14-4-1)32-23-25-35(26-24-32)47-43-22-12-10-20-40(43)45-44(47)28-27-39-38-19-9-11-21-42(38)48(46(39)45)36-29-34-17-7-8-18-37(34)41(30-36)33-15-5-2-6-16-33/h1-38H;1-30H. The SMILES string of the molecule is c1ccc(-c2cc(-c3ccccc3)cc(-c3ccc(-n4c5ccccc5c5c4ccc4c6ccccc6n(-c6cc(-c7ccccc7)c7ccccc7c6)c45)cc3)c2)cc1.c1ccc(-c2ccc(-n3c4ccccc4c4c3ccc3c5ccccc5n(-c5cc(-c6ccccc6)c6ccccc6c5)c34)cc2)cc1. The molecule has 504 valence electrons. The van der Waals surface area contributed by atoms with Crippen molar-refractivity contribution in [3.63, 3.8) is 0 Å². The van der Waals surface area contributed by atoms with E-state index >= 15 is 0 Å². The van der Waals surface area contributed by atoms with Crippen LogP contribution in [-0.2, 0) is 0 Å². The molecule has 4 nitrogen and oxygen atoms in total. The lowest BCUT2D eigenvalue weighted by molar-refractivity contribution is 1.18. The predicted molar refractivity (Wildman–Crippen MR) is 458 cm³/mol. The molecule has 0 radical (unpaired) electrons. The molecule has 18 aromatic carbocycles. The molecular formula is C104H68N4. The Labute approximate surface area is 625 Å². The second kappa shape index (κ2) is 25.8. The number of aromatic nitrogens is 4. The van der Waals surface area contributed by atoms with Crippen LogP contribution in [0.2, 0.25) is 0 Å². The van der Waals surface area contributed by atoms with E-state index in [4.69, 9.17) is 0 Å². The molecule has 108 heavy (non-hydrogen) atoms. The number of rotatable bonds is 10. The maximum absolute atomic E-state index is 2.51. The van der Waals surface area contributed by atoms with Crippen molar-refractivity contribution in [2.45, 2.75) is 0 Å². The fraction of sp³-hybridized carbons (Fsp3) is 0. The van der Waals surface area contributed by atoms with Crippen molar-refractivity contribution >= 4 is 109 Å². The van der Waals surface area contributed by atoms with Gasteiger partial charge >= 0.3 is 0 Å². The number of fused-ring (bicyclic) bond motifs is 16. The van der Waals surface area contributed by atoms with E-state index in [1.165, 1.54) is 176 Å². The van der Waals surface area contributed by atoms with E-state index in [0.717, 1.165) is 22.7 Å². The molecule has 0 saturated heterocycles. The first kappa shape index (κ1) is 62.3. The summed E-state index contributed by atoms with van der Waals surface area (Å²) in [6.07, 6.45) is 0. The monoisotopic (exact) mass is 1370 g/mol. The van der Waals surface area contributed by atoms with Crippen LogP contribution in [0.25, 0.3) is 198 Å². The van der Waals surface area contributed by atoms with Crippen molar-refractivity contribution in [1.82, 2.24) is 18.3 Å². The Morgan fingerprint density at radius 1 is 0.139 bits per heavy atom. The third-order valence-electron chi connectivity index (χ3n) is 22.2. The highest BCUT2D eigenvalue weighted by atomic mass is 15.0. The highest BCUT2D eigenvalue weighted by Gasteiger charge is 2.25. The zero-order valence-corrected chi connectivity index (χ0v) is 59.0. The average molecular weight is 1370 g/mol. The van der Waals surface area contributed by atoms with E-state index in [2.05, 4.69) is 431 Å². The van der Waals surface area contributed by atoms with Crippen LogP contribution in [0, 0.1) is 0 Å². The lowest BCUT2D eigenvalue weighted by Gasteiger charge is -2.15. The molecular weight excluding hydrogens is 1310 g/mol. The fourth-order valence-electron chi connectivity index (χ4n) is 17.3. The van der Waals surface area contributed by atoms with Gasteiger partial charge in [0, 0.05) is 65.8 Å². The van der Waals surface area contributed by atoms with Gasteiger partial charge < -0.3 is 18.3 Å². The molecule has 4 heterocycles. The molecule has 22 rings (SSSR count). The van der Waals surface area contributed by atoms with Gasteiger partial charge in [-0.3, -0.25) is 0 Å². The highest BCUT2D eigenvalue weighted by Crippen LogP contribution is 2.47. The van der Waals surface area contributed by atoms with Crippen LogP contribution in [0.5, 0.6) is 0 Å². The summed E-state index contributed by atoms with van der Waals surface area (Å²) in [7, 11) is 0. The van der Waals surface area contributed by atoms with Gasteiger partial charge in [0.1, 0.15) is 0 Å². The number of hydrogen-bond acceptors (Lipinski definition) is 0. The first-order valence-corrected chi connectivity index (χ1v) is 37.2. The fourth-order valence-corrected chi connectivity index (χ4v) is 17.3. The van der Waals surface area contributed by atoms with Crippen LogP contribution in [0.1, 0.15) is 0 Å². The quantitative estimate of drug-likeness (QED) is 0.130. The largest absolute Gasteiger partial charge is 0.309 e. The molecule has 0 unspecified atom stereocenters. The molecule has 4 aromatic heterocycles. The Hall–Kier alpha value is -14.3. The summed E-state index contributed by atoms with van der Waals surface area (Å²) in [5.41, 5.74) is 28.8. The van der Waals surface area contributed by atoms with E-state index in [-0.39, 0.29) is 0 Å². The molecule has 0 bridgehead atoms. The zero-order valence-electron chi connectivity index (χ0n) is 59.0.